The van der Waals surface area contributed by atoms with E-state index in [0.717, 1.165) is 0 Å². The Balaban J connectivity index is 2.49. The highest BCUT2D eigenvalue weighted by molar-refractivity contribution is 7.88. The quantitative estimate of drug-likeness (QED) is 0.541. The van der Waals surface area contributed by atoms with E-state index in [4.69, 9.17) is 0 Å². The first-order valence-electron chi connectivity index (χ1n) is 4.49. The van der Waals surface area contributed by atoms with E-state index in [1.165, 1.54) is 13.8 Å². The molecule has 2 rings (SSSR count). The largest absolute Gasteiger partial charge is 0.270 e. The van der Waals surface area contributed by atoms with Crippen molar-refractivity contribution in [2.45, 2.75) is 24.3 Å². The van der Waals surface area contributed by atoms with Crippen LogP contribution in [0.2, 0.25) is 0 Å². The predicted molar refractivity (Wildman–Crippen MR) is 51.1 cm³/mol. The summed E-state index contributed by atoms with van der Waals surface area (Å²) in [6, 6.07) is 0. The van der Waals surface area contributed by atoms with Gasteiger partial charge < -0.3 is 0 Å². The lowest BCUT2D eigenvalue weighted by Gasteiger charge is -2.25. The normalized spacial score (nSPS) is 47.3. The van der Waals surface area contributed by atoms with E-state index in [1.807, 2.05) is 0 Å². The maximum Gasteiger partial charge on any atom is 0.270 e. The molecule has 0 aromatic heterocycles. The van der Waals surface area contributed by atoms with Gasteiger partial charge in [0.05, 0.1) is 29.1 Å². The molecular formula is C7H12O6S2. The van der Waals surface area contributed by atoms with Crippen LogP contribution in [0.25, 0.3) is 0 Å². The summed E-state index contributed by atoms with van der Waals surface area (Å²) in [6.07, 6.45) is 0. The van der Waals surface area contributed by atoms with Gasteiger partial charge in [-0.1, -0.05) is 0 Å². The van der Waals surface area contributed by atoms with Crippen LogP contribution in [-0.4, -0.2) is 40.5 Å². The third-order valence-corrected chi connectivity index (χ3v) is 7.03. The fourth-order valence-electron chi connectivity index (χ4n) is 2.00. The van der Waals surface area contributed by atoms with Crippen molar-refractivity contribution in [2.24, 2.45) is 5.41 Å². The molecule has 2 fully saturated rings. The average molecular weight is 256 g/mol. The minimum atomic E-state index is -3.64. The first kappa shape index (κ1) is 11.3. The average Bonchev–Trinajstić information content (AvgIpc) is 2.50. The fourth-order valence-corrected chi connectivity index (χ4v) is 5.10. The van der Waals surface area contributed by atoms with E-state index >= 15 is 0 Å². The van der Waals surface area contributed by atoms with Crippen molar-refractivity contribution in [3.63, 3.8) is 0 Å². The molecule has 2 aliphatic heterocycles. The Bertz CT molecular complexity index is 430. The zero-order chi connectivity index (χ0) is 11.5. The van der Waals surface area contributed by atoms with Crippen LogP contribution in [0.15, 0.2) is 0 Å². The number of hydrogen-bond acceptors (Lipinski definition) is 6. The summed E-state index contributed by atoms with van der Waals surface area (Å²) in [4.78, 5) is 0. The highest BCUT2D eigenvalue weighted by Gasteiger charge is 2.62. The van der Waals surface area contributed by atoms with Gasteiger partial charge >= 0.3 is 0 Å². The Morgan fingerprint density at radius 3 is 1.47 bits per heavy atom. The van der Waals surface area contributed by atoms with Crippen molar-refractivity contribution in [3.05, 3.63) is 0 Å². The van der Waals surface area contributed by atoms with Crippen LogP contribution in [0.4, 0.5) is 0 Å². The first-order valence-corrected chi connectivity index (χ1v) is 7.43. The molecule has 0 N–H and O–H groups in total. The lowest BCUT2D eigenvalue weighted by Crippen LogP contribution is -2.42. The van der Waals surface area contributed by atoms with Gasteiger partial charge in [-0.05, 0) is 13.8 Å². The van der Waals surface area contributed by atoms with Gasteiger partial charge in [-0.25, -0.2) is 0 Å². The van der Waals surface area contributed by atoms with Crippen LogP contribution in [0, 0.1) is 5.41 Å². The lowest BCUT2D eigenvalue weighted by atomic mass is 9.83. The summed E-state index contributed by atoms with van der Waals surface area (Å²) in [5, 5.41) is -1.70. The van der Waals surface area contributed by atoms with Crippen LogP contribution in [0.3, 0.4) is 0 Å². The highest BCUT2D eigenvalue weighted by atomic mass is 32.2. The molecule has 2 atom stereocenters. The van der Waals surface area contributed by atoms with Gasteiger partial charge in [0.2, 0.25) is 0 Å². The molecule has 15 heavy (non-hydrogen) atoms. The Hall–Kier alpha value is -0.180. The highest BCUT2D eigenvalue weighted by Crippen LogP contribution is 2.46. The molecule has 0 bridgehead atoms. The third-order valence-electron chi connectivity index (χ3n) is 3.47. The third kappa shape index (κ3) is 1.35. The van der Waals surface area contributed by atoms with Crippen molar-refractivity contribution < 1.29 is 25.2 Å². The van der Waals surface area contributed by atoms with Crippen LogP contribution in [0.5, 0.6) is 0 Å². The summed E-state index contributed by atoms with van der Waals surface area (Å²) in [5.74, 6) is 0. The van der Waals surface area contributed by atoms with Gasteiger partial charge in [0.25, 0.3) is 20.2 Å². The summed E-state index contributed by atoms with van der Waals surface area (Å²) >= 11 is 0. The molecule has 0 aliphatic carbocycles. The van der Waals surface area contributed by atoms with Crippen LogP contribution >= 0.6 is 0 Å². The smallest absolute Gasteiger partial charge is 0.269 e. The lowest BCUT2D eigenvalue weighted by molar-refractivity contribution is 0.156. The van der Waals surface area contributed by atoms with E-state index in [2.05, 4.69) is 8.37 Å². The minimum Gasteiger partial charge on any atom is -0.269 e. The van der Waals surface area contributed by atoms with Crippen LogP contribution in [0.1, 0.15) is 13.8 Å². The van der Waals surface area contributed by atoms with E-state index in [1.54, 1.807) is 0 Å². The molecule has 2 saturated heterocycles. The van der Waals surface area contributed by atoms with Crippen molar-refractivity contribution in [3.8, 4) is 0 Å². The second-order valence-corrected chi connectivity index (χ2v) is 7.88. The molecule has 1 spiro atoms. The monoisotopic (exact) mass is 256 g/mol. The molecular weight excluding hydrogens is 244 g/mol. The minimum absolute atomic E-state index is 0.114. The zero-order valence-corrected chi connectivity index (χ0v) is 9.97. The molecule has 0 saturated carbocycles. The maximum atomic E-state index is 11.4. The van der Waals surface area contributed by atoms with Crippen LogP contribution < -0.4 is 0 Å². The number of hydrogen-bond donors (Lipinski definition) is 0. The van der Waals surface area contributed by atoms with Crippen molar-refractivity contribution >= 4 is 20.2 Å². The molecule has 8 heteroatoms. The van der Waals surface area contributed by atoms with Crippen molar-refractivity contribution in [2.75, 3.05) is 13.2 Å². The van der Waals surface area contributed by atoms with Gasteiger partial charge in [0.15, 0.2) is 0 Å². The summed E-state index contributed by atoms with van der Waals surface area (Å²) in [7, 11) is -7.29. The van der Waals surface area contributed by atoms with Crippen molar-refractivity contribution in [1.29, 1.82) is 0 Å². The molecule has 2 aliphatic rings. The Morgan fingerprint density at radius 2 is 1.27 bits per heavy atom. The molecule has 2 unspecified atom stereocenters. The first-order chi connectivity index (χ1) is 6.72. The maximum absolute atomic E-state index is 11.4. The molecule has 0 radical (unpaired) electrons. The van der Waals surface area contributed by atoms with E-state index in [0.29, 0.717) is 0 Å². The van der Waals surface area contributed by atoms with Gasteiger partial charge in [-0.2, -0.15) is 16.8 Å². The van der Waals surface area contributed by atoms with Crippen molar-refractivity contribution in [1.82, 2.24) is 0 Å². The molecule has 0 aromatic rings. The Labute approximate surface area is 88.8 Å². The van der Waals surface area contributed by atoms with Crippen LogP contribution in [-0.2, 0) is 28.6 Å². The van der Waals surface area contributed by atoms with E-state index < -0.39 is 36.2 Å². The van der Waals surface area contributed by atoms with Gasteiger partial charge in [0, 0.05) is 0 Å². The van der Waals surface area contributed by atoms with E-state index in [9.17, 15) is 16.8 Å². The fraction of sp³-hybridized carbons (Fsp3) is 1.00. The van der Waals surface area contributed by atoms with Gasteiger partial charge in [-0.3, -0.25) is 8.37 Å². The van der Waals surface area contributed by atoms with Gasteiger partial charge in [0.1, 0.15) is 0 Å². The molecule has 2 heterocycles. The Kier molecular flexibility index (Phi) is 2.21. The molecule has 0 aromatic carbocycles. The Morgan fingerprint density at radius 1 is 0.933 bits per heavy atom. The molecule has 6 nitrogen and oxygen atoms in total. The molecule has 88 valence electrons. The standard InChI is InChI=1S/C7H12O6S2/c1-5-7(3-12-14(5,8)9)4-13-15(10,11)6(7)2/h5-6H,3-4H2,1-2H3. The summed E-state index contributed by atoms with van der Waals surface area (Å²) in [6.45, 7) is 2.69. The van der Waals surface area contributed by atoms with Gasteiger partial charge in [-0.15, -0.1) is 0 Å². The second kappa shape index (κ2) is 2.93. The predicted octanol–water partition coefficient (Wildman–Crippen LogP) is -0.530. The second-order valence-electron chi connectivity index (χ2n) is 4.03. The topological polar surface area (TPSA) is 86.7 Å². The SMILES string of the molecule is CC1C2(COS1(=O)=O)COS(=O)(=O)C2C. The summed E-state index contributed by atoms with van der Waals surface area (Å²) in [5.41, 5.74) is -0.947. The zero-order valence-electron chi connectivity index (χ0n) is 8.33. The number of rotatable bonds is 0. The van der Waals surface area contributed by atoms with E-state index in [-0.39, 0.29) is 13.2 Å². The molecule has 0 amide bonds. The summed E-state index contributed by atoms with van der Waals surface area (Å²) < 4.78 is 55.0.